The highest BCUT2D eigenvalue weighted by Crippen LogP contribution is 2.33. The van der Waals surface area contributed by atoms with Gasteiger partial charge in [0.05, 0.1) is 11.3 Å². The highest BCUT2D eigenvalue weighted by atomic mass is 16.5. The van der Waals surface area contributed by atoms with Gasteiger partial charge in [-0.25, -0.2) is 0 Å². The van der Waals surface area contributed by atoms with Crippen LogP contribution in [0.5, 0.6) is 0 Å². The molecule has 1 N–H and O–H groups in total. The van der Waals surface area contributed by atoms with Gasteiger partial charge in [-0.3, -0.25) is 19.9 Å². The number of ketones is 2. The highest BCUT2D eigenvalue weighted by Gasteiger charge is 2.32. The number of carbonyl (C=O) groups excluding carboxylic acids is 2. The van der Waals surface area contributed by atoms with E-state index in [0.717, 1.165) is 5.06 Å². The van der Waals surface area contributed by atoms with E-state index in [4.69, 9.17) is 0 Å². The molecule has 0 amide bonds. The predicted octanol–water partition coefficient (Wildman–Crippen LogP) is 3.31. The Morgan fingerprint density at radius 2 is 1.50 bits per heavy atom. The Hall–Kier alpha value is -2.46. The molecule has 0 radical (unpaired) electrons. The molecule has 2 aromatic carbocycles. The Labute approximate surface area is 129 Å². The molecule has 0 unspecified atom stereocenters. The van der Waals surface area contributed by atoms with Crippen LogP contribution in [0.2, 0.25) is 0 Å². The zero-order valence-electron chi connectivity index (χ0n) is 12.5. The molecular weight excluding hydrogens is 278 g/mol. The standard InChI is InChI=1S/C18H17NO3/c1-11(2)10-19(22)15-9-5-8-14-16(15)18(21)13-7-4-3-6-12(13)17(14)20/h3-9,11,22H,10H2,1-2H3. The summed E-state index contributed by atoms with van der Waals surface area (Å²) >= 11 is 0. The fraction of sp³-hybridized carbons (Fsp3) is 0.222. The number of fused-ring (bicyclic) bond motifs is 2. The van der Waals surface area contributed by atoms with Crippen LogP contribution in [-0.2, 0) is 0 Å². The maximum atomic E-state index is 12.8. The van der Waals surface area contributed by atoms with Gasteiger partial charge in [-0.15, -0.1) is 0 Å². The van der Waals surface area contributed by atoms with Gasteiger partial charge in [0.2, 0.25) is 0 Å². The minimum absolute atomic E-state index is 0.176. The molecule has 0 saturated heterocycles. The molecule has 2 aromatic rings. The van der Waals surface area contributed by atoms with Crippen molar-refractivity contribution in [3.63, 3.8) is 0 Å². The zero-order valence-corrected chi connectivity index (χ0v) is 12.5. The lowest BCUT2D eigenvalue weighted by Crippen LogP contribution is -2.28. The summed E-state index contributed by atoms with van der Waals surface area (Å²) in [4.78, 5) is 25.4. The minimum Gasteiger partial charge on any atom is -0.289 e. The molecule has 0 spiro atoms. The maximum Gasteiger partial charge on any atom is 0.196 e. The number of hydrogen-bond donors (Lipinski definition) is 1. The van der Waals surface area contributed by atoms with Crippen molar-refractivity contribution < 1.29 is 14.8 Å². The normalized spacial score (nSPS) is 13.1. The van der Waals surface area contributed by atoms with Crippen LogP contribution in [0.1, 0.15) is 45.7 Å². The molecule has 22 heavy (non-hydrogen) atoms. The molecule has 0 heterocycles. The molecule has 0 aliphatic heterocycles. The van der Waals surface area contributed by atoms with Crippen LogP contribution in [-0.4, -0.2) is 23.3 Å². The van der Waals surface area contributed by atoms with E-state index in [2.05, 4.69) is 0 Å². The van der Waals surface area contributed by atoms with E-state index in [9.17, 15) is 14.8 Å². The van der Waals surface area contributed by atoms with Gasteiger partial charge < -0.3 is 0 Å². The van der Waals surface area contributed by atoms with Crippen LogP contribution >= 0.6 is 0 Å². The third-order valence-electron chi connectivity index (χ3n) is 3.75. The van der Waals surface area contributed by atoms with Crippen LogP contribution < -0.4 is 5.06 Å². The first-order chi connectivity index (χ1) is 10.5. The van der Waals surface area contributed by atoms with E-state index in [1.54, 1.807) is 42.5 Å². The smallest absolute Gasteiger partial charge is 0.196 e. The first-order valence-electron chi connectivity index (χ1n) is 7.28. The molecule has 112 valence electrons. The second-order valence-corrected chi connectivity index (χ2v) is 5.88. The van der Waals surface area contributed by atoms with Crippen molar-refractivity contribution in [1.82, 2.24) is 0 Å². The molecule has 0 aromatic heterocycles. The van der Waals surface area contributed by atoms with Gasteiger partial charge in [0.25, 0.3) is 0 Å². The Morgan fingerprint density at radius 3 is 2.14 bits per heavy atom. The first-order valence-corrected chi connectivity index (χ1v) is 7.28. The van der Waals surface area contributed by atoms with Gasteiger partial charge >= 0.3 is 0 Å². The predicted molar refractivity (Wildman–Crippen MR) is 83.7 cm³/mol. The molecular formula is C18H17NO3. The number of carbonyl (C=O) groups is 2. The third-order valence-corrected chi connectivity index (χ3v) is 3.75. The van der Waals surface area contributed by atoms with Crippen LogP contribution in [0.15, 0.2) is 42.5 Å². The number of anilines is 1. The zero-order chi connectivity index (χ0) is 15.9. The van der Waals surface area contributed by atoms with Gasteiger partial charge in [-0.05, 0) is 12.0 Å². The molecule has 3 rings (SSSR count). The summed E-state index contributed by atoms with van der Waals surface area (Å²) in [5.41, 5.74) is 1.84. The second kappa shape index (κ2) is 5.39. The van der Waals surface area contributed by atoms with Gasteiger partial charge in [-0.2, -0.15) is 0 Å². The first kappa shape index (κ1) is 14.5. The Morgan fingerprint density at radius 1 is 0.909 bits per heavy atom. The van der Waals surface area contributed by atoms with E-state index >= 15 is 0 Å². The van der Waals surface area contributed by atoms with E-state index in [1.165, 1.54) is 0 Å². The monoisotopic (exact) mass is 295 g/mol. The van der Waals surface area contributed by atoms with E-state index < -0.39 is 0 Å². The lowest BCUT2D eigenvalue weighted by atomic mass is 9.83. The summed E-state index contributed by atoms with van der Waals surface area (Å²) in [5, 5.41) is 11.3. The van der Waals surface area contributed by atoms with Crippen LogP contribution in [0.25, 0.3) is 0 Å². The van der Waals surface area contributed by atoms with E-state index in [1.807, 2.05) is 13.8 Å². The van der Waals surface area contributed by atoms with Gasteiger partial charge in [0.15, 0.2) is 11.6 Å². The molecule has 4 heteroatoms. The Balaban J connectivity index is 2.17. The maximum absolute atomic E-state index is 12.8. The number of rotatable bonds is 3. The van der Waals surface area contributed by atoms with Crippen LogP contribution in [0, 0.1) is 5.92 Å². The summed E-state index contributed by atoms with van der Waals surface area (Å²) in [7, 11) is 0. The summed E-state index contributed by atoms with van der Waals surface area (Å²) < 4.78 is 0. The molecule has 0 atom stereocenters. The van der Waals surface area contributed by atoms with Gasteiger partial charge in [-0.1, -0.05) is 50.2 Å². The van der Waals surface area contributed by atoms with Crippen LogP contribution in [0.3, 0.4) is 0 Å². The quantitative estimate of drug-likeness (QED) is 0.753. The number of hydrogen-bond acceptors (Lipinski definition) is 4. The lowest BCUT2D eigenvalue weighted by molar-refractivity contribution is 0.0978. The molecule has 1 aliphatic rings. The van der Waals surface area contributed by atoms with Crippen LogP contribution in [0.4, 0.5) is 5.69 Å². The Kier molecular flexibility index (Phi) is 3.54. The van der Waals surface area contributed by atoms with Crippen molar-refractivity contribution in [3.05, 3.63) is 64.7 Å². The third kappa shape index (κ3) is 2.22. The number of nitrogens with zero attached hydrogens (tertiary/aromatic N) is 1. The minimum atomic E-state index is -0.219. The van der Waals surface area contributed by atoms with Crippen molar-refractivity contribution in [1.29, 1.82) is 0 Å². The fourth-order valence-electron chi connectivity index (χ4n) is 2.79. The molecule has 1 aliphatic carbocycles. The summed E-state index contributed by atoms with van der Waals surface area (Å²) in [5.74, 6) is -0.170. The topological polar surface area (TPSA) is 57.6 Å². The summed E-state index contributed by atoms with van der Waals surface area (Å²) in [6.07, 6.45) is 0. The fourth-order valence-corrected chi connectivity index (χ4v) is 2.79. The van der Waals surface area contributed by atoms with Crippen molar-refractivity contribution in [2.75, 3.05) is 11.6 Å². The highest BCUT2D eigenvalue weighted by molar-refractivity contribution is 6.30. The summed E-state index contributed by atoms with van der Waals surface area (Å²) in [6.45, 7) is 4.33. The van der Waals surface area contributed by atoms with Gasteiger partial charge in [0.1, 0.15) is 0 Å². The Bertz CT molecular complexity index is 765. The number of hydroxylamine groups is 1. The average molecular weight is 295 g/mol. The van der Waals surface area contributed by atoms with Crippen molar-refractivity contribution in [2.24, 2.45) is 5.92 Å². The van der Waals surface area contributed by atoms with E-state index in [-0.39, 0.29) is 23.0 Å². The lowest BCUT2D eigenvalue weighted by Gasteiger charge is -2.25. The SMILES string of the molecule is CC(C)CN(O)c1cccc2c1C(=O)c1ccccc1C2=O. The number of benzene rings is 2. The molecule has 0 bridgehead atoms. The van der Waals surface area contributed by atoms with Crippen molar-refractivity contribution in [3.8, 4) is 0 Å². The molecule has 0 fully saturated rings. The molecule has 4 nitrogen and oxygen atoms in total. The van der Waals surface area contributed by atoms with Crippen molar-refractivity contribution in [2.45, 2.75) is 13.8 Å². The molecule has 0 saturated carbocycles. The van der Waals surface area contributed by atoms with Gasteiger partial charge in [0, 0.05) is 23.2 Å². The average Bonchev–Trinajstić information content (AvgIpc) is 2.51. The summed E-state index contributed by atoms with van der Waals surface area (Å²) in [6, 6.07) is 11.8. The van der Waals surface area contributed by atoms with E-state index in [0.29, 0.717) is 28.9 Å². The second-order valence-electron chi connectivity index (χ2n) is 5.88. The largest absolute Gasteiger partial charge is 0.289 e. The van der Waals surface area contributed by atoms with Crippen molar-refractivity contribution >= 4 is 17.3 Å².